The number of amides is 2. The van der Waals surface area contributed by atoms with Gasteiger partial charge in [0.05, 0.1) is 11.4 Å². The number of unbranched alkanes of at least 4 members (excludes halogenated alkanes) is 3. The number of benzene rings is 2. The van der Waals surface area contributed by atoms with Gasteiger partial charge in [0.1, 0.15) is 0 Å². The van der Waals surface area contributed by atoms with Crippen molar-refractivity contribution in [2.75, 3.05) is 11.9 Å². The van der Waals surface area contributed by atoms with E-state index < -0.39 is 12.1 Å². The minimum atomic E-state index is -1.01. The van der Waals surface area contributed by atoms with Crippen LogP contribution in [-0.4, -0.2) is 41.8 Å². The molecule has 0 aliphatic carbocycles. The summed E-state index contributed by atoms with van der Waals surface area (Å²) in [6.45, 7) is 0. The van der Waals surface area contributed by atoms with Crippen molar-refractivity contribution < 1.29 is 19.5 Å². The average molecular weight is 421 g/mol. The molecule has 1 atom stereocenters. The van der Waals surface area contributed by atoms with Crippen molar-refractivity contribution in [2.24, 2.45) is 4.99 Å². The smallest absolute Gasteiger partial charge is 0.303 e. The molecule has 1 unspecified atom stereocenters. The topological polar surface area (TPSA) is 99.1 Å². The number of carbonyl (C=O) groups is 3. The largest absolute Gasteiger partial charge is 0.481 e. The first-order valence-electron chi connectivity index (χ1n) is 10.5. The fraction of sp³-hybridized carbons (Fsp3) is 0.333. The van der Waals surface area contributed by atoms with Crippen LogP contribution in [0.15, 0.2) is 59.6 Å². The summed E-state index contributed by atoms with van der Waals surface area (Å²) in [6, 6.07) is 17.2. The van der Waals surface area contributed by atoms with Crippen LogP contribution in [0.5, 0.6) is 0 Å². The van der Waals surface area contributed by atoms with Crippen molar-refractivity contribution in [3.8, 4) is 0 Å². The molecule has 1 heterocycles. The highest BCUT2D eigenvalue weighted by atomic mass is 16.4. The van der Waals surface area contributed by atoms with Crippen LogP contribution < -0.4 is 10.2 Å². The minimum Gasteiger partial charge on any atom is -0.481 e. The van der Waals surface area contributed by atoms with Gasteiger partial charge in [-0.1, -0.05) is 61.4 Å². The molecule has 2 N–H and O–H groups in total. The Morgan fingerprint density at radius 1 is 0.968 bits per heavy atom. The normalized spacial score (nSPS) is 15.6. The highest BCUT2D eigenvalue weighted by molar-refractivity contribution is 6.20. The number of aliphatic carboxylic acids is 1. The molecule has 0 spiro atoms. The lowest BCUT2D eigenvalue weighted by Gasteiger charge is -2.20. The number of nitrogens with zero attached hydrogens (tertiary/aromatic N) is 2. The second-order valence-corrected chi connectivity index (χ2v) is 7.54. The van der Waals surface area contributed by atoms with Crippen molar-refractivity contribution in [1.82, 2.24) is 5.32 Å². The molecule has 7 nitrogen and oxygen atoms in total. The van der Waals surface area contributed by atoms with Crippen LogP contribution in [0.2, 0.25) is 0 Å². The molecular weight excluding hydrogens is 394 g/mol. The Balaban J connectivity index is 1.73. The number of nitrogens with one attached hydrogen (secondary N) is 1. The molecule has 0 bridgehead atoms. The number of fused-ring (bicyclic) bond motifs is 1. The van der Waals surface area contributed by atoms with Gasteiger partial charge in [0.15, 0.2) is 0 Å². The lowest BCUT2D eigenvalue weighted by molar-refractivity contribution is -0.137. The van der Waals surface area contributed by atoms with E-state index in [4.69, 9.17) is 5.11 Å². The SMILES string of the molecule is CN1C(=O)C(NC(=O)CCCCCCC(=O)O)N=C(c2ccccc2)c2ccccc21. The second kappa shape index (κ2) is 10.5. The quantitative estimate of drug-likeness (QED) is 0.607. The van der Waals surface area contributed by atoms with Crippen LogP contribution in [0.3, 0.4) is 0 Å². The fourth-order valence-corrected chi connectivity index (χ4v) is 3.58. The maximum atomic E-state index is 13.0. The van der Waals surface area contributed by atoms with Crippen molar-refractivity contribution in [3.05, 3.63) is 65.7 Å². The Labute approximate surface area is 181 Å². The monoisotopic (exact) mass is 421 g/mol. The van der Waals surface area contributed by atoms with Gasteiger partial charge in [-0.2, -0.15) is 0 Å². The van der Waals surface area contributed by atoms with Crippen LogP contribution in [0.1, 0.15) is 49.7 Å². The Kier molecular flexibility index (Phi) is 7.54. The molecule has 0 saturated heterocycles. The molecule has 31 heavy (non-hydrogen) atoms. The molecule has 2 aromatic carbocycles. The van der Waals surface area contributed by atoms with E-state index in [2.05, 4.69) is 10.3 Å². The van der Waals surface area contributed by atoms with Gasteiger partial charge in [0.25, 0.3) is 5.91 Å². The summed E-state index contributed by atoms with van der Waals surface area (Å²) in [7, 11) is 1.69. The number of hydrogen-bond acceptors (Lipinski definition) is 4. The van der Waals surface area contributed by atoms with Crippen LogP contribution in [0.4, 0.5) is 5.69 Å². The van der Waals surface area contributed by atoms with Gasteiger partial charge in [-0.15, -0.1) is 0 Å². The average Bonchev–Trinajstić information content (AvgIpc) is 2.87. The zero-order chi connectivity index (χ0) is 22.2. The van der Waals surface area contributed by atoms with Gasteiger partial charge >= 0.3 is 5.97 Å². The van der Waals surface area contributed by atoms with E-state index in [1.807, 2.05) is 54.6 Å². The molecule has 7 heteroatoms. The van der Waals surface area contributed by atoms with Gasteiger partial charge < -0.3 is 15.3 Å². The van der Waals surface area contributed by atoms with E-state index in [9.17, 15) is 14.4 Å². The molecule has 2 aromatic rings. The first-order valence-corrected chi connectivity index (χ1v) is 10.5. The molecule has 0 saturated carbocycles. The number of carboxylic acids is 1. The molecule has 1 aliphatic rings. The van der Waals surface area contributed by atoms with Gasteiger partial charge in [-0.05, 0) is 18.9 Å². The maximum Gasteiger partial charge on any atom is 0.303 e. The lowest BCUT2D eigenvalue weighted by atomic mass is 10.0. The number of aliphatic imine (C=N–C) groups is 1. The Hall–Kier alpha value is -3.48. The molecule has 2 amide bonds. The second-order valence-electron chi connectivity index (χ2n) is 7.54. The van der Waals surface area contributed by atoms with E-state index in [1.165, 1.54) is 4.90 Å². The number of rotatable bonds is 9. The molecule has 1 aliphatic heterocycles. The van der Waals surface area contributed by atoms with Gasteiger partial charge in [0.2, 0.25) is 12.1 Å². The van der Waals surface area contributed by atoms with E-state index in [-0.39, 0.29) is 24.7 Å². The van der Waals surface area contributed by atoms with Crippen molar-refractivity contribution in [1.29, 1.82) is 0 Å². The van der Waals surface area contributed by atoms with Gasteiger partial charge in [-0.25, -0.2) is 4.99 Å². The summed E-state index contributed by atoms with van der Waals surface area (Å²) in [4.78, 5) is 42.3. The predicted molar refractivity (Wildman–Crippen MR) is 119 cm³/mol. The zero-order valence-corrected chi connectivity index (χ0v) is 17.6. The molecule has 0 radical (unpaired) electrons. The zero-order valence-electron chi connectivity index (χ0n) is 17.6. The maximum absolute atomic E-state index is 13.0. The molecular formula is C24H27N3O4. The molecule has 162 valence electrons. The number of likely N-dealkylation sites (N-methyl/N-ethyl adjacent to an activating group) is 1. The summed E-state index contributed by atoms with van der Waals surface area (Å²) < 4.78 is 0. The lowest BCUT2D eigenvalue weighted by Crippen LogP contribution is -2.46. The van der Waals surface area contributed by atoms with E-state index in [0.717, 1.165) is 29.7 Å². The number of benzodiazepines with no additional fused rings is 1. The third kappa shape index (κ3) is 5.78. The summed E-state index contributed by atoms with van der Waals surface area (Å²) in [5.74, 6) is -1.35. The van der Waals surface area contributed by atoms with Crippen molar-refractivity contribution >= 4 is 29.2 Å². The number of carbonyl (C=O) groups excluding carboxylic acids is 2. The van der Waals surface area contributed by atoms with Crippen LogP contribution in [-0.2, 0) is 14.4 Å². The predicted octanol–water partition coefficient (Wildman–Crippen LogP) is 3.37. The first-order chi connectivity index (χ1) is 15.0. The van der Waals surface area contributed by atoms with E-state index >= 15 is 0 Å². The molecule has 0 aromatic heterocycles. The van der Waals surface area contributed by atoms with Gasteiger partial charge in [0, 0.05) is 31.0 Å². The summed E-state index contributed by atoms with van der Waals surface area (Å²) >= 11 is 0. The molecule has 3 rings (SSSR count). The van der Waals surface area contributed by atoms with Crippen LogP contribution in [0.25, 0.3) is 0 Å². The third-order valence-electron chi connectivity index (χ3n) is 5.23. The number of hydrogen-bond donors (Lipinski definition) is 2. The summed E-state index contributed by atoms with van der Waals surface area (Å²) in [5, 5.41) is 11.4. The van der Waals surface area contributed by atoms with Crippen LogP contribution >= 0.6 is 0 Å². The number of anilines is 1. The fourth-order valence-electron chi connectivity index (χ4n) is 3.58. The highest BCUT2D eigenvalue weighted by Crippen LogP contribution is 2.27. The summed E-state index contributed by atoms with van der Waals surface area (Å²) in [5.41, 5.74) is 3.11. The highest BCUT2D eigenvalue weighted by Gasteiger charge is 2.30. The van der Waals surface area contributed by atoms with Gasteiger partial charge in [-0.3, -0.25) is 14.4 Å². The van der Waals surface area contributed by atoms with Crippen LogP contribution in [0, 0.1) is 0 Å². The van der Waals surface area contributed by atoms with E-state index in [0.29, 0.717) is 18.6 Å². The number of carboxylic acid groups (broad SMARTS) is 1. The molecule has 0 fully saturated rings. The van der Waals surface area contributed by atoms with Crippen molar-refractivity contribution in [3.63, 3.8) is 0 Å². The van der Waals surface area contributed by atoms with E-state index in [1.54, 1.807) is 7.05 Å². The summed E-state index contributed by atoms with van der Waals surface area (Å²) in [6.07, 6.45) is 2.17. The number of para-hydroxylation sites is 1. The Bertz CT molecular complexity index is 972. The van der Waals surface area contributed by atoms with Crippen molar-refractivity contribution in [2.45, 2.75) is 44.7 Å². The standard InChI is InChI=1S/C24H27N3O4/c1-27-19-14-10-9-13-18(19)22(17-11-5-4-6-12-17)26-23(24(27)31)25-20(28)15-7-2-3-8-16-21(29)30/h4-6,9-14,23H,2-3,7-8,15-16H2,1H3,(H,25,28)(H,29,30). The minimum absolute atomic E-state index is 0.145. The Morgan fingerprint density at radius 3 is 2.32 bits per heavy atom. The third-order valence-corrected chi connectivity index (χ3v) is 5.23. The first kappa shape index (κ1) is 22.2. The Morgan fingerprint density at radius 2 is 1.61 bits per heavy atom.